The maximum Gasteiger partial charge on any atom is 0.307 e. The van der Waals surface area contributed by atoms with E-state index in [1.807, 2.05) is 11.0 Å². The molecule has 1 aromatic carbocycles. The predicted octanol–water partition coefficient (Wildman–Crippen LogP) is 2.28. The van der Waals surface area contributed by atoms with Gasteiger partial charge in [0.05, 0.1) is 11.4 Å². The minimum Gasteiger partial charge on any atom is -0.481 e. The molecule has 1 atom stereocenters. The van der Waals surface area contributed by atoms with Crippen LogP contribution >= 0.6 is 0 Å². The third kappa shape index (κ3) is 2.49. The lowest BCUT2D eigenvalue weighted by Gasteiger charge is -2.16. The molecule has 0 spiro atoms. The Hall–Kier alpha value is -2.01. The molecule has 1 aromatic heterocycles. The summed E-state index contributed by atoms with van der Waals surface area (Å²) in [6.45, 7) is 1.77. The maximum absolute atomic E-state index is 13.6. The molecule has 5 heteroatoms. The Balaban J connectivity index is 1.86. The van der Waals surface area contributed by atoms with E-state index in [0.29, 0.717) is 19.5 Å². The van der Waals surface area contributed by atoms with Gasteiger partial charge in [0.15, 0.2) is 0 Å². The first-order valence-electron chi connectivity index (χ1n) is 6.62. The van der Waals surface area contributed by atoms with Gasteiger partial charge >= 0.3 is 5.97 Å². The Morgan fingerprint density at radius 3 is 3.10 bits per heavy atom. The number of benzene rings is 1. The summed E-state index contributed by atoms with van der Waals surface area (Å²) in [7, 11) is 0. The number of carbonyl (C=O) groups is 1. The highest BCUT2D eigenvalue weighted by Crippen LogP contribution is 2.23. The fraction of sp³-hybridized carbons (Fsp3) is 0.333. The summed E-state index contributed by atoms with van der Waals surface area (Å²) < 4.78 is 13.6. The Bertz CT molecular complexity index is 659. The third-order valence-corrected chi connectivity index (χ3v) is 3.76. The van der Waals surface area contributed by atoms with Gasteiger partial charge in [0.25, 0.3) is 0 Å². The zero-order valence-electron chi connectivity index (χ0n) is 10.9. The summed E-state index contributed by atoms with van der Waals surface area (Å²) in [6, 6.07) is 6.57. The number of halogens is 1. The number of aromatic nitrogens is 1. The van der Waals surface area contributed by atoms with Gasteiger partial charge in [-0.2, -0.15) is 0 Å². The van der Waals surface area contributed by atoms with Crippen molar-refractivity contribution in [2.45, 2.75) is 13.0 Å². The third-order valence-electron chi connectivity index (χ3n) is 3.76. The normalized spacial score (nSPS) is 19.6. The monoisotopic (exact) mass is 274 g/mol. The lowest BCUT2D eigenvalue weighted by molar-refractivity contribution is -0.141. The molecule has 3 rings (SSSR count). The van der Waals surface area contributed by atoms with Gasteiger partial charge in [-0.3, -0.25) is 14.7 Å². The van der Waals surface area contributed by atoms with E-state index in [0.717, 1.165) is 23.0 Å². The lowest BCUT2D eigenvalue weighted by atomic mass is 10.1. The van der Waals surface area contributed by atoms with Gasteiger partial charge in [-0.05, 0) is 36.7 Å². The van der Waals surface area contributed by atoms with Crippen molar-refractivity contribution in [1.29, 1.82) is 0 Å². The predicted molar refractivity (Wildman–Crippen MR) is 72.7 cm³/mol. The van der Waals surface area contributed by atoms with Crippen molar-refractivity contribution in [2.24, 2.45) is 5.92 Å². The first kappa shape index (κ1) is 13.0. The van der Waals surface area contributed by atoms with Gasteiger partial charge in [-0.1, -0.05) is 6.07 Å². The first-order valence-corrected chi connectivity index (χ1v) is 6.62. The molecular formula is C15H15FN2O2. The van der Waals surface area contributed by atoms with Crippen molar-refractivity contribution in [3.05, 3.63) is 41.8 Å². The summed E-state index contributed by atoms with van der Waals surface area (Å²) in [6.07, 6.45) is 2.34. The number of pyridine rings is 1. The van der Waals surface area contributed by atoms with Gasteiger partial charge in [0.2, 0.25) is 0 Å². The lowest BCUT2D eigenvalue weighted by Crippen LogP contribution is -2.23. The molecule has 4 nitrogen and oxygen atoms in total. The van der Waals surface area contributed by atoms with Crippen molar-refractivity contribution >= 4 is 16.9 Å². The number of rotatable bonds is 3. The molecule has 2 heterocycles. The van der Waals surface area contributed by atoms with E-state index >= 15 is 0 Å². The van der Waals surface area contributed by atoms with Crippen LogP contribution < -0.4 is 0 Å². The van der Waals surface area contributed by atoms with E-state index in [4.69, 9.17) is 5.11 Å². The molecule has 0 aliphatic carbocycles. The van der Waals surface area contributed by atoms with Crippen LogP contribution in [0.25, 0.3) is 10.9 Å². The van der Waals surface area contributed by atoms with Crippen LogP contribution in [0.4, 0.5) is 4.39 Å². The van der Waals surface area contributed by atoms with E-state index in [1.54, 1.807) is 12.3 Å². The largest absolute Gasteiger partial charge is 0.481 e. The van der Waals surface area contributed by atoms with Crippen LogP contribution in [0.2, 0.25) is 0 Å². The van der Waals surface area contributed by atoms with Crippen LogP contribution in [0.3, 0.4) is 0 Å². The number of likely N-dealkylation sites (tertiary alicyclic amines) is 1. The fourth-order valence-electron chi connectivity index (χ4n) is 2.77. The smallest absolute Gasteiger partial charge is 0.307 e. The van der Waals surface area contributed by atoms with E-state index in [1.165, 1.54) is 12.1 Å². The van der Waals surface area contributed by atoms with E-state index in [2.05, 4.69) is 4.98 Å². The van der Waals surface area contributed by atoms with Crippen molar-refractivity contribution in [1.82, 2.24) is 9.88 Å². The first-order chi connectivity index (χ1) is 9.63. The van der Waals surface area contributed by atoms with Crippen LogP contribution in [0, 0.1) is 11.7 Å². The van der Waals surface area contributed by atoms with Crippen LogP contribution in [-0.2, 0) is 11.3 Å². The maximum atomic E-state index is 13.6. The Morgan fingerprint density at radius 2 is 2.35 bits per heavy atom. The number of fused-ring (bicyclic) bond motifs is 1. The second-order valence-electron chi connectivity index (χ2n) is 5.20. The van der Waals surface area contributed by atoms with E-state index in [9.17, 15) is 9.18 Å². The summed E-state index contributed by atoms with van der Waals surface area (Å²) in [5.41, 5.74) is 1.60. The number of hydrogen-bond donors (Lipinski definition) is 1. The summed E-state index contributed by atoms with van der Waals surface area (Å²) in [5.74, 6) is -1.35. The molecule has 0 saturated carbocycles. The van der Waals surface area contributed by atoms with Crippen LogP contribution in [0.1, 0.15) is 12.0 Å². The topological polar surface area (TPSA) is 53.4 Å². The Kier molecular flexibility index (Phi) is 3.36. The number of carboxylic acid groups (broad SMARTS) is 1. The van der Waals surface area contributed by atoms with Crippen LogP contribution in [0.15, 0.2) is 30.5 Å². The number of hydrogen-bond acceptors (Lipinski definition) is 3. The van der Waals surface area contributed by atoms with Gasteiger partial charge in [-0.25, -0.2) is 4.39 Å². The highest BCUT2D eigenvalue weighted by atomic mass is 19.1. The summed E-state index contributed by atoms with van der Waals surface area (Å²) in [5, 5.41) is 9.79. The number of aliphatic carboxylic acids is 1. The van der Waals surface area contributed by atoms with E-state index < -0.39 is 5.97 Å². The van der Waals surface area contributed by atoms with Gasteiger partial charge < -0.3 is 5.11 Å². The Labute approximate surface area is 115 Å². The second-order valence-corrected chi connectivity index (χ2v) is 5.20. The molecule has 1 aliphatic heterocycles. The van der Waals surface area contributed by atoms with Crippen molar-refractivity contribution in [3.63, 3.8) is 0 Å². The molecule has 1 aliphatic rings. The molecule has 1 N–H and O–H groups in total. The van der Waals surface area contributed by atoms with Crippen molar-refractivity contribution < 1.29 is 14.3 Å². The minimum absolute atomic E-state index is 0.283. The van der Waals surface area contributed by atoms with Gasteiger partial charge in [0, 0.05) is 24.7 Å². The number of carboxylic acids is 1. The molecule has 2 aromatic rings. The highest BCUT2D eigenvalue weighted by molar-refractivity contribution is 5.81. The fourth-order valence-corrected chi connectivity index (χ4v) is 2.77. The van der Waals surface area contributed by atoms with Gasteiger partial charge in [-0.15, -0.1) is 0 Å². The SMILES string of the molecule is O=C(O)[C@H]1CCN(Cc2cc(F)cc3cccnc23)C1. The molecule has 0 radical (unpaired) electrons. The Morgan fingerprint density at radius 1 is 1.50 bits per heavy atom. The molecule has 1 saturated heterocycles. The average molecular weight is 274 g/mol. The van der Waals surface area contributed by atoms with Gasteiger partial charge in [0.1, 0.15) is 5.82 Å². The number of nitrogens with zero attached hydrogens (tertiary/aromatic N) is 2. The van der Waals surface area contributed by atoms with Crippen molar-refractivity contribution in [2.75, 3.05) is 13.1 Å². The quantitative estimate of drug-likeness (QED) is 0.933. The molecule has 0 bridgehead atoms. The molecule has 104 valence electrons. The molecule has 1 fully saturated rings. The highest BCUT2D eigenvalue weighted by Gasteiger charge is 2.28. The summed E-state index contributed by atoms with van der Waals surface area (Å²) >= 11 is 0. The van der Waals surface area contributed by atoms with E-state index in [-0.39, 0.29) is 11.7 Å². The zero-order chi connectivity index (χ0) is 14.1. The summed E-state index contributed by atoms with van der Waals surface area (Å²) in [4.78, 5) is 17.3. The van der Waals surface area contributed by atoms with Crippen molar-refractivity contribution in [3.8, 4) is 0 Å². The minimum atomic E-state index is -0.755. The van der Waals surface area contributed by atoms with Crippen LogP contribution in [0.5, 0.6) is 0 Å². The zero-order valence-corrected chi connectivity index (χ0v) is 10.9. The molecule has 0 amide bonds. The molecule has 0 unspecified atom stereocenters. The average Bonchev–Trinajstić information content (AvgIpc) is 2.87. The molecular weight excluding hydrogens is 259 g/mol. The molecule has 20 heavy (non-hydrogen) atoms. The second kappa shape index (κ2) is 5.17. The van der Waals surface area contributed by atoms with Crippen LogP contribution in [-0.4, -0.2) is 34.0 Å². The standard InChI is InChI=1S/C15H15FN2O2/c16-13-6-10-2-1-4-17-14(10)12(7-13)9-18-5-3-11(8-18)15(19)20/h1-2,4,6-7,11H,3,5,8-9H2,(H,19,20)/t11-/m0/s1.